The van der Waals surface area contributed by atoms with Crippen LogP contribution in [0.3, 0.4) is 0 Å². The summed E-state index contributed by atoms with van der Waals surface area (Å²) in [4.78, 5) is 22.7. The van der Waals surface area contributed by atoms with E-state index < -0.39 is 5.97 Å². The zero-order valence-corrected chi connectivity index (χ0v) is 11.9. The van der Waals surface area contributed by atoms with Crippen LogP contribution in [0.15, 0.2) is 24.3 Å². The van der Waals surface area contributed by atoms with Crippen molar-refractivity contribution in [3.05, 3.63) is 29.8 Å². The van der Waals surface area contributed by atoms with Crippen LogP contribution in [0.2, 0.25) is 0 Å². The van der Waals surface area contributed by atoms with Gasteiger partial charge in [0.05, 0.1) is 5.56 Å². The van der Waals surface area contributed by atoms with Gasteiger partial charge in [-0.05, 0) is 18.2 Å². The van der Waals surface area contributed by atoms with Gasteiger partial charge in [0.1, 0.15) is 0 Å². The van der Waals surface area contributed by atoms with E-state index in [-0.39, 0.29) is 11.5 Å². The monoisotopic (exact) mass is 297 g/mol. The number of hydrogen-bond donors (Lipinski definition) is 2. The lowest BCUT2D eigenvalue weighted by Gasteiger charge is -2.20. The minimum atomic E-state index is -0.990. The van der Waals surface area contributed by atoms with Crippen molar-refractivity contribution in [3.63, 3.8) is 0 Å². The number of amides is 1. The highest BCUT2D eigenvalue weighted by molar-refractivity contribution is 8.06. The second-order valence-electron chi connectivity index (χ2n) is 4.21. The van der Waals surface area contributed by atoms with Crippen molar-refractivity contribution in [2.75, 3.05) is 22.6 Å². The molecule has 19 heavy (non-hydrogen) atoms. The average Bonchev–Trinajstić information content (AvgIpc) is 2.40. The Morgan fingerprint density at radius 1 is 1.37 bits per heavy atom. The number of rotatable bonds is 4. The van der Waals surface area contributed by atoms with E-state index in [0.717, 1.165) is 17.3 Å². The Balaban J connectivity index is 1.90. The van der Waals surface area contributed by atoms with Crippen LogP contribution in [0, 0.1) is 0 Å². The molecule has 2 rings (SSSR count). The number of carbonyl (C=O) groups is 2. The molecule has 0 aromatic heterocycles. The SMILES string of the molecule is O=C(CC1CSCCS1)Nc1cccc(C(=O)O)c1. The minimum absolute atomic E-state index is 0.0532. The Morgan fingerprint density at radius 2 is 2.21 bits per heavy atom. The lowest BCUT2D eigenvalue weighted by atomic mass is 10.2. The van der Waals surface area contributed by atoms with Crippen LogP contribution >= 0.6 is 23.5 Å². The predicted molar refractivity (Wildman–Crippen MR) is 80.2 cm³/mol. The molecule has 1 heterocycles. The first-order valence-electron chi connectivity index (χ1n) is 5.97. The van der Waals surface area contributed by atoms with E-state index in [1.165, 1.54) is 12.1 Å². The Morgan fingerprint density at radius 3 is 2.89 bits per heavy atom. The van der Waals surface area contributed by atoms with Crippen molar-refractivity contribution in [2.45, 2.75) is 11.7 Å². The molecule has 1 amide bonds. The normalized spacial score (nSPS) is 18.8. The van der Waals surface area contributed by atoms with Crippen molar-refractivity contribution in [1.29, 1.82) is 0 Å². The van der Waals surface area contributed by atoms with Gasteiger partial charge in [-0.3, -0.25) is 4.79 Å². The second kappa shape index (κ2) is 6.86. The lowest BCUT2D eigenvalue weighted by Crippen LogP contribution is -2.22. The standard InChI is InChI=1S/C13H15NO3S2/c15-12(7-11-8-18-4-5-19-11)14-10-3-1-2-9(6-10)13(16)17/h1-3,6,11H,4-5,7-8H2,(H,14,15)(H,16,17). The van der Waals surface area contributed by atoms with Gasteiger partial charge in [0.25, 0.3) is 0 Å². The van der Waals surface area contributed by atoms with E-state index in [2.05, 4.69) is 5.32 Å². The highest BCUT2D eigenvalue weighted by atomic mass is 32.2. The number of carbonyl (C=O) groups excluding carboxylic acids is 1. The maximum Gasteiger partial charge on any atom is 0.335 e. The molecule has 2 N–H and O–H groups in total. The second-order valence-corrected chi connectivity index (χ2v) is 6.76. The molecule has 0 aliphatic carbocycles. The zero-order chi connectivity index (χ0) is 13.7. The number of benzene rings is 1. The fourth-order valence-electron chi connectivity index (χ4n) is 1.80. The molecule has 1 atom stereocenters. The number of thioether (sulfide) groups is 2. The van der Waals surface area contributed by atoms with E-state index >= 15 is 0 Å². The van der Waals surface area contributed by atoms with Gasteiger partial charge in [-0.1, -0.05) is 6.07 Å². The topological polar surface area (TPSA) is 66.4 Å². The van der Waals surface area contributed by atoms with Gasteiger partial charge in [0.2, 0.25) is 5.91 Å². The Kier molecular flexibility index (Phi) is 5.15. The van der Waals surface area contributed by atoms with E-state index in [0.29, 0.717) is 17.4 Å². The first kappa shape index (κ1) is 14.3. The smallest absolute Gasteiger partial charge is 0.335 e. The first-order chi connectivity index (χ1) is 9.15. The zero-order valence-electron chi connectivity index (χ0n) is 10.3. The Hall–Kier alpha value is -1.14. The van der Waals surface area contributed by atoms with Crippen LogP contribution in [0.25, 0.3) is 0 Å². The Labute approximate surface area is 120 Å². The maximum atomic E-state index is 11.9. The molecule has 1 aliphatic rings. The molecule has 0 bridgehead atoms. The largest absolute Gasteiger partial charge is 0.478 e. The lowest BCUT2D eigenvalue weighted by molar-refractivity contribution is -0.116. The molecule has 1 saturated heterocycles. The number of carboxylic acids is 1. The summed E-state index contributed by atoms with van der Waals surface area (Å²) in [6, 6.07) is 6.31. The van der Waals surface area contributed by atoms with Crippen molar-refractivity contribution in [2.24, 2.45) is 0 Å². The third-order valence-corrected chi connectivity index (χ3v) is 5.54. The van der Waals surface area contributed by atoms with Crippen LogP contribution in [-0.4, -0.2) is 39.5 Å². The molecule has 1 aromatic carbocycles. The number of hydrogen-bond acceptors (Lipinski definition) is 4. The summed E-state index contributed by atoms with van der Waals surface area (Å²) >= 11 is 3.71. The van der Waals surface area contributed by atoms with Crippen LogP contribution in [0.1, 0.15) is 16.8 Å². The van der Waals surface area contributed by atoms with Crippen molar-refractivity contribution in [1.82, 2.24) is 0 Å². The highest BCUT2D eigenvalue weighted by Gasteiger charge is 2.18. The van der Waals surface area contributed by atoms with Gasteiger partial charge in [0.15, 0.2) is 0 Å². The molecule has 4 nitrogen and oxygen atoms in total. The quantitative estimate of drug-likeness (QED) is 0.894. The maximum absolute atomic E-state index is 11.9. The number of carboxylic acid groups (broad SMARTS) is 1. The van der Waals surface area contributed by atoms with Gasteiger partial charge in [-0.2, -0.15) is 23.5 Å². The molecule has 0 radical (unpaired) electrons. The number of anilines is 1. The summed E-state index contributed by atoms with van der Waals surface area (Å²) in [5.41, 5.74) is 0.721. The molecule has 102 valence electrons. The van der Waals surface area contributed by atoms with E-state index in [1.54, 1.807) is 12.1 Å². The van der Waals surface area contributed by atoms with E-state index in [9.17, 15) is 9.59 Å². The molecular formula is C13H15NO3S2. The van der Waals surface area contributed by atoms with Crippen LogP contribution in [-0.2, 0) is 4.79 Å². The summed E-state index contributed by atoms with van der Waals surface area (Å²) < 4.78 is 0. The molecular weight excluding hydrogens is 282 g/mol. The van der Waals surface area contributed by atoms with E-state index in [4.69, 9.17) is 5.11 Å². The van der Waals surface area contributed by atoms with Crippen molar-refractivity contribution in [3.8, 4) is 0 Å². The summed E-state index contributed by atoms with van der Waals surface area (Å²) in [5.74, 6) is 2.21. The molecule has 0 spiro atoms. The molecule has 0 saturated carbocycles. The number of aromatic carboxylic acids is 1. The third-order valence-electron chi connectivity index (χ3n) is 2.69. The third kappa shape index (κ3) is 4.47. The average molecular weight is 297 g/mol. The first-order valence-corrected chi connectivity index (χ1v) is 8.18. The van der Waals surface area contributed by atoms with E-state index in [1.807, 2.05) is 23.5 Å². The minimum Gasteiger partial charge on any atom is -0.478 e. The van der Waals surface area contributed by atoms with Crippen LogP contribution in [0.5, 0.6) is 0 Å². The predicted octanol–water partition coefficient (Wildman–Crippen LogP) is 2.56. The van der Waals surface area contributed by atoms with Gasteiger partial charge in [0, 0.05) is 34.6 Å². The molecule has 1 aliphatic heterocycles. The van der Waals surface area contributed by atoms with Crippen molar-refractivity contribution >= 4 is 41.1 Å². The van der Waals surface area contributed by atoms with Crippen molar-refractivity contribution < 1.29 is 14.7 Å². The molecule has 1 aromatic rings. The van der Waals surface area contributed by atoms with Gasteiger partial charge in [-0.15, -0.1) is 0 Å². The summed E-state index contributed by atoms with van der Waals surface area (Å²) in [6.45, 7) is 0. The summed E-state index contributed by atoms with van der Waals surface area (Å²) in [7, 11) is 0. The van der Waals surface area contributed by atoms with Gasteiger partial charge >= 0.3 is 5.97 Å². The van der Waals surface area contributed by atoms with Crippen LogP contribution < -0.4 is 5.32 Å². The fraction of sp³-hybridized carbons (Fsp3) is 0.385. The van der Waals surface area contributed by atoms with Gasteiger partial charge < -0.3 is 10.4 Å². The molecule has 1 unspecified atom stereocenters. The molecule has 6 heteroatoms. The summed E-state index contributed by atoms with van der Waals surface area (Å²) in [6.07, 6.45) is 0.481. The van der Waals surface area contributed by atoms with Crippen LogP contribution in [0.4, 0.5) is 5.69 Å². The Bertz CT molecular complexity index is 473. The molecule has 1 fully saturated rings. The van der Waals surface area contributed by atoms with Gasteiger partial charge in [-0.25, -0.2) is 4.79 Å². The summed E-state index contributed by atoms with van der Waals surface area (Å²) in [5, 5.41) is 12.0. The number of nitrogens with one attached hydrogen (secondary N) is 1. The fourth-order valence-corrected chi connectivity index (χ4v) is 4.48. The highest BCUT2D eigenvalue weighted by Crippen LogP contribution is 2.26.